The highest BCUT2D eigenvalue weighted by molar-refractivity contribution is 6.02. The summed E-state index contributed by atoms with van der Waals surface area (Å²) in [7, 11) is 1.72. The number of fused-ring (bicyclic) bond motifs is 2. The fourth-order valence-corrected chi connectivity index (χ4v) is 6.02. The maximum absolute atomic E-state index is 13.8. The molecular formula is C34H43N5O5. The minimum absolute atomic E-state index is 0.149. The van der Waals surface area contributed by atoms with Gasteiger partial charge in [-0.05, 0) is 49.4 Å². The van der Waals surface area contributed by atoms with Crippen molar-refractivity contribution in [1.82, 2.24) is 15.1 Å². The van der Waals surface area contributed by atoms with Crippen LogP contribution in [-0.4, -0.2) is 77.8 Å². The standard InChI is InChI=1S/C34H43N5O5/c1-22-19-39(23(2)21-40)32(41)28-18-26(36-33(42)35-25-12-5-4-6-13-25)16-17-30(28)44-31(22)20-38(3)34(43)37-29-15-9-11-24-10-7-8-14-27(24)29/h7-11,14-18,22-23,25,31,40H,4-6,12-13,19-21H2,1-3H3,(H,37,43)(H2,35,36,42)/t22-,23+,31+/m1/s1. The third-order valence-electron chi connectivity index (χ3n) is 8.69. The predicted molar refractivity (Wildman–Crippen MR) is 172 cm³/mol. The highest BCUT2D eigenvalue weighted by atomic mass is 16.5. The van der Waals surface area contributed by atoms with Crippen LogP contribution in [0.3, 0.4) is 0 Å². The number of amides is 5. The molecule has 2 aliphatic rings. The molecule has 0 aromatic heterocycles. The minimum Gasteiger partial charge on any atom is -0.487 e. The summed E-state index contributed by atoms with van der Waals surface area (Å²) in [6.07, 6.45) is 4.88. The molecule has 4 N–H and O–H groups in total. The average Bonchev–Trinajstić information content (AvgIpc) is 3.03. The molecule has 1 saturated carbocycles. The number of ether oxygens (including phenoxy) is 1. The zero-order valence-electron chi connectivity index (χ0n) is 25.7. The molecule has 1 fully saturated rings. The van der Waals surface area contributed by atoms with Gasteiger partial charge in [-0.25, -0.2) is 9.59 Å². The van der Waals surface area contributed by atoms with E-state index in [0.29, 0.717) is 23.5 Å². The summed E-state index contributed by atoms with van der Waals surface area (Å²) >= 11 is 0. The van der Waals surface area contributed by atoms with E-state index in [9.17, 15) is 19.5 Å². The molecule has 234 valence electrons. The molecule has 3 aromatic rings. The summed E-state index contributed by atoms with van der Waals surface area (Å²) in [5.74, 6) is -0.0824. The first kappa shape index (κ1) is 31.1. The topological polar surface area (TPSA) is 123 Å². The zero-order chi connectivity index (χ0) is 31.2. The van der Waals surface area contributed by atoms with Crippen LogP contribution in [0.25, 0.3) is 10.8 Å². The van der Waals surface area contributed by atoms with Crippen molar-refractivity contribution in [3.8, 4) is 5.75 Å². The van der Waals surface area contributed by atoms with Crippen LogP contribution in [-0.2, 0) is 0 Å². The fourth-order valence-electron chi connectivity index (χ4n) is 6.02. The van der Waals surface area contributed by atoms with E-state index in [1.165, 1.54) is 6.42 Å². The lowest BCUT2D eigenvalue weighted by molar-refractivity contribution is 0.0371. The number of carbonyl (C=O) groups excluding carboxylic acids is 3. The van der Waals surface area contributed by atoms with Gasteiger partial charge in [0.2, 0.25) is 0 Å². The Morgan fingerprint density at radius 1 is 1.05 bits per heavy atom. The molecule has 1 heterocycles. The van der Waals surface area contributed by atoms with Crippen LogP contribution in [0.5, 0.6) is 5.75 Å². The second-order valence-electron chi connectivity index (χ2n) is 12.1. The molecule has 0 spiro atoms. The smallest absolute Gasteiger partial charge is 0.321 e. The van der Waals surface area contributed by atoms with Gasteiger partial charge in [0, 0.05) is 36.6 Å². The Hall–Kier alpha value is -4.31. The third kappa shape index (κ3) is 7.24. The number of rotatable bonds is 7. The molecule has 10 heteroatoms. The van der Waals surface area contributed by atoms with E-state index < -0.39 is 12.1 Å². The van der Waals surface area contributed by atoms with E-state index in [0.717, 1.165) is 42.1 Å². The van der Waals surface area contributed by atoms with E-state index >= 15 is 0 Å². The maximum Gasteiger partial charge on any atom is 0.321 e. The lowest BCUT2D eigenvalue weighted by Gasteiger charge is -2.38. The Morgan fingerprint density at radius 2 is 1.80 bits per heavy atom. The molecule has 10 nitrogen and oxygen atoms in total. The normalized spacial score (nSPS) is 19.6. The summed E-state index contributed by atoms with van der Waals surface area (Å²) in [4.78, 5) is 43.0. The number of urea groups is 2. The average molecular weight is 602 g/mol. The summed E-state index contributed by atoms with van der Waals surface area (Å²) in [6.45, 7) is 4.15. The Labute approximate surface area is 258 Å². The molecule has 0 unspecified atom stereocenters. The van der Waals surface area contributed by atoms with E-state index in [4.69, 9.17) is 4.74 Å². The van der Waals surface area contributed by atoms with Crippen LogP contribution in [0.2, 0.25) is 0 Å². The Bertz CT molecular complexity index is 1480. The van der Waals surface area contributed by atoms with Crippen LogP contribution in [0.1, 0.15) is 56.3 Å². The van der Waals surface area contributed by atoms with E-state index in [2.05, 4.69) is 16.0 Å². The highest BCUT2D eigenvalue weighted by Gasteiger charge is 2.34. The van der Waals surface area contributed by atoms with Gasteiger partial charge < -0.3 is 35.6 Å². The lowest BCUT2D eigenvalue weighted by atomic mass is 9.96. The van der Waals surface area contributed by atoms with Crippen molar-refractivity contribution in [3.63, 3.8) is 0 Å². The molecule has 44 heavy (non-hydrogen) atoms. The first-order chi connectivity index (χ1) is 21.2. The summed E-state index contributed by atoms with van der Waals surface area (Å²) in [6, 6.07) is 17.8. The first-order valence-electron chi connectivity index (χ1n) is 15.5. The molecule has 0 radical (unpaired) electrons. The molecule has 3 atom stereocenters. The molecule has 3 aromatic carbocycles. The number of benzene rings is 3. The van der Waals surface area contributed by atoms with Gasteiger partial charge in [-0.15, -0.1) is 0 Å². The van der Waals surface area contributed by atoms with E-state index in [1.807, 2.05) is 49.4 Å². The van der Waals surface area contributed by atoms with Crippen LogP contribution in [0.15, 0.2) is 60.7 Å². The number of likely N-dealkylation sites (N-methyl/N-ethyl adjacent to an activating group) is 1. The van der Waals surface area contributed by atoms with Gasteiger partial charge in [-0.3, -0.25) is 4.79 Å². The quantitative estimate of drug-likeness (QED) is 0.278. The number of nitrogens with zero attached hydrogens (tertiary/aromatic N) is 2. The van der Waals surface area contributed by atoms with Crippen molar-refractivity contribution in [2.75, 3.05) is 37.4 Å². The van der Waals surface area contributed by atoms with Crippen LogP contribution in [0.4, 0.5) is 21.0 Å². The summed E-state index contributed by atoms with van der Waals surface area (Å²) in [5.41, 5.74) is 1.49. The summed E-state index contributed by atoms with van der Waals surface area (Å²) in [5, 5.41) is 20.9. The number of hydrogen-bond acceptors (Lipinski definition) is 5. The monoisotopic (exact) mass is 601 g/mol. The van der Waals surface area contributed by atoms with Gasteiger partial charge in [0.1, 0.15) is 11.9 Å². The van der Waals surface area contributed by atoms with Crippen molar-refractivity contribution >= 4 is 40.1 Å². The molecule has 1 aliphatic carbocycles. The Morgan fingerprint density at radius 3 is 2.57 bits per heavy atom. The molecule has 5 amide bonds. The molecule has 5 rings (SSSR count). The second kappa shape index (κ2) is 14.0. The number of hydrogen-bond donors (Lipinski definition) is 4. The van der Waals surface area contributed by atoms with Gasteiger partial charge in [0.25, 0.3) is 5.91 Å². The van der Waals surface area contributed by atoms with Gasteiger partial charge in [0.05, 0.1) is 30.4 Å². The highest BCUT2D eigenvalue weighted by Crippen LogP contribution is 2.31. The SMILES string of the molecule is C[C@@H]1CN([C@@H](C)CO)C(=O)c2cc(NC(=O)NC3CCCCC3)ccc2O[C@H]1CN(C)C(=O)Nc1cccc2ccccc12. The number of aliphatic hydroxyl groups excluding tert-OH is 1. The van der Waals surface area contributed by atoms with Gasteiger partial charge in [-0.1, -0.05) is 62.6 Å². The number of nitrogens with one attached hydrogen (secondary N) is 3. The van der Waals surface area contributed by atoms with Crippen molar-refractivity contribution in [2.24, 2.45) is 5.92 Å². The lowest BCUT2D eigenvalue weighted by Crippen LogP contribution is -2.50. The minimum atomic E-state index is -0.452. The summed E-state index contributed by atoms with van der Waals surface area (Å²) < 4.78 is 6.44. The van der Waals surface area contributed by atoms with Crippen LogP contribution >= 0.6 is 0 Å². The number of aliphatic hydroxyl groups is 1. The van der Waals surface area contributed by atoms with Crippen molar-refractivity contribution < 1.29 is 24.2 Å². The predicted octanol–water partition coefficient (Wildman–Crippen LogP) is 5.68. The molecule has 1 aliphatic heterocycles. The maximum atomic E-state index is 13.8. The second-order valence-corrected chi connectivity index (χ2v) is 12.1. The van der Waals surface area contributed by atoms with Crippen LogP contribution in [0, 0.1) is 5.92 Å². The Kier molecular flexibility index (Phi) is 9.89. The zero-order valence-corrected chi connectivity index (χ0v) is 25.7. The molecular weight excluding hydrogens is 558 g/mol. The van der Waals surface area contributed by atoms with E-state index in [1.54, 1.807) is 42.0 Å². The van der Waals surface area contributed by atoms with Crippen molar-refractivity contribution in [3.05, 3.63) is 66.2 Å². The van der Waals surface area contributed by atoms with Gasteiger partial charge in [0.15, 0.2) is 0 Å². The first-order valence-corrected chi connectivity index (χ1v) is 15.5. The Balaban J connectivity index is 1.34. The molecule has 0 bridgehead atoms. The fraction of sp³-hybridized carbons (Fsp3) is 0.441. The largest absolute Gasteiger partial charge is 0.487 e. The number of carbonyl (C=O) groups is 3. The van der Waals surface area contributed by atoms with Crippen molar-refractivity contribution in [2.45, 2.75) is 64.1 Å². The van der Waals surface area contributed by atoms with Gasteiger partial charge >= 0.3 is 12.1 Å². The van der Waals surface area contributed by atoms with Crippen molar-refractivity contribution in [1.29, 1.82) is 0 Å². The molecule has 0 saturated heterocycles. The van der Waals surface area contributed by atoms with E-state index in [-0.39, 0.29) is 43.1 Å². The number of anilines is 2. The van der Waals surface area contributed by atoms with Crippen LogP contribution < -0.4 is 20.7 Å². The van der Waals surface area contributed by atoms with Gasteiger partial charge in [-0.2, -0.15) is 0 Å². The third-order valence-corrected chi connectivity index (χ3v) is 8.69.